The number of hydrogen-bond donors (Lipinski definition) is 0. The Balaban J connectivity index is 1.42. The number of tetrazole rings is 1. The van der Waals surface area contributed by atoms with E-state index >= 15 is 0 Å². The standard InChI is InChI=1S/C19H34N6O/c1-15(2)18(19-20-21-22-25(19)14-17-8-5-13-26-17)24-11-9-23(10-12-24)16-6-3-4-7-16/h15-18H,3-14H2,1-2H3/t17-,18+/m1/s1. The monoisotopic (exact) mass is 362 g/mol. The van der Waals surface area contributed by atoms with Gasteiger partial charge in [-0.2, -0.15) is 0 Å². The molecule has 1 aromatic rings. The van der Waals surface area contributed by atoms with Crippen LogP contribution in [0.5, 0.6) is 0 Å². The highest BCUT2D eigenvalue weighted by Gasteiger charge is 2.34. The molecule has 146 valence electrons. The first kappa shape index (κ1) is 18.3. The molecular formula is C19H34N6O. The molecule has 1 saturated carbocycles. The molecule has 0 unspecified atom stereocenters. The zero-order chi connectivity index (χ0) is 17.9. The van der Waals surface area contributed by atoms with E-state index < -0.39 is 0 Å². The molecule has 0 spiro atoms. The molecule has 0 aromatic carbocycles. The van der Waals surface area contributed by atoms with E-state index in [0.29, 0.717) is 5.92 Å². The zero-order valence-corrected chi connectivity index (χ0v) is 16.4. The first-order chi connectivity index (χ1) is 12.7. The Morgan fingerprint density at radius 1 is 1.04 bits per heavy atom. The Bertz CT molecular complexity index is 556. The summed E-state index contributed by atoms with van der Waals surface area (Å²) < 4.78 is 7.81. The van der Waals surface area contributed by atoms with Gasteiger partial charge in [-0.15, -0.1) is 5.10 Å². The molecule has 0 amide bonds. The van der Waals surface area contributed by atoms with Crippen molar-refractivity contribution in [1.82, 2.24) is 30.0 Å². The van der Waals surface area contributed by atoms with Crippen LogP contribution in [-0.4, -0.2) is 74.9 Å². The van der Waals surface area contributed by atoms with E-state index in [-0.39, 0.29) is 12.1 Å². The van der Waals surface area contributed by atoms with E-state index in [2.05, 4.69) is 39.2 Å². The van der Waals surface area contributed by atoms with Gasteiger partial charge in [0.25, 0.3) is 0 Å². The van der Waals surface area contributed by atoms with Crippen molar-refractivity contribution in [3.63, 3.8) is 0 Å². The van der Waals surface area contributed by atoms with Gasteiger partial charge in [-0.3, -0.25) is 9.80 Å². The van der Waals surface area contributed by atoms with Gasteiger partial charge in [-0.1, -0.05) is 26.7 Å². The fourth-order valence-corrected chi connectivity index (χ4v) is 5.07. The molecule has 4 rings (SSSR count). The summed E-state index contributed by atoms with van der Waals surface area (Å²) in [6.07, 6.45) is 8.16. The lowest BCUT2D eigenvalue weighted by Crippen LogP contribution is -2.51. The Morgan fingerprint density at radius 2 is 1.81 bits per heavy atom. The van der Waals surface area contributed by atoms with E-state index in [1.165, 1.54) is 38.8 Å². The molecule has 0 N–H and O–H groups in total. The lowest BCUT2D eigenvalue weighted by Gasteiger charge is -2.42. The van der Waals surface area contributed by atoms with Crippen molar-refractivity contribution < 1.29 is 4.74 Å². The first-order valence-corrected chi connectivity index (χ1v) is 10.6. The summed E-state index contributed by atoms with van der Waals surface area (Å²) in [5, 5.41) is 12.7. The minimum Gasteiger partial charge on any atom is -0.376 e. The van der Waals surface area contributed by atoms with Gasteiger partial charge in [0.05, 0.1) is 18.7 Å². The van der Waals surface area contributed by atoms with Crippen molar-refractivity contribution in [3.8, 4) is 0 Å². The quantitative estimate of drug-likeness (QED) is 0.772. The van der Waals surface area contributed by atoms with Crippen LogP contribution < -0.4 is 0 Å². The molecule has 3 fully saturated rings. The van der Waals surface area contributed by atoms with Crippen LogP contribution >= 0.6 is 0 Å². The van der Waals surface area contributed by atoms with Gasteiger partial charge in [-0.05, 0) is 42.0 Å². The molecule has 2 saturated heterocycles. The molecule has 7 nitrogen and oxygen atoms in total. The second-order valence-corrected chi connectivity index (χ2v) is 8.55. The summed E-state index contributed by atoms with van der Waals surface area (Å²) in [4.78, 5) is 5.32. The highest BCUT2D eigenvalue weighted by Crippen LogP contribution is 2.30. The van der Waals surface area contributed by atoms with E-state index in [4.69, 9.17) is 4.74 Å². The summed E-state index contributed by atoms with van der Waals surface area (Å²) in [6, 6.07) is 1.12. The smallest absolute Gasteiger partial charge is 0.168 e. The number of ether oxygens (including phenoxy) is 1. The van der Waals surface area contributed by atoms with Crippen molar-refractivity contribution in [2.45, 2.75) is 77.1 Å². The van der Waals surface area contributed by atoms with E-state index in [9.17, 15) is 0 Å². The summed E-state index contributed by atoms with van der Waals surface area (Å²) in [5.41, 5.74) is 0. The molecule has 2 aliphatic heterocycles. The SMILES string of the molecule is CC(C)[C@@H](c1nnnn1C[C@H]1CCCO1)N1CCN(C2CCCC2)CC1. The third kappa shape index (κ3) is 3.94. The number of aromatic nitrogens is 4. The second kappa shape index (κ2) is 8.31. The van der Waals surface area contributed by atoms with Gasteiger partial charge in [-0.25, -0.2) is 4.68 Å². The molecule has 0 bridgehead atoms. The molecule has 7 heteroatoms. The van der Waals surface area contributed by atoms with Crippen LogP contribution in [0.1, 0.15) is 64.2 Å². The van der Waals surface area contributed by atoms with Gasteiger partial charge in [0, 0.05) is 38.8 Å². The third-order valence-corrected chi connectivity index (χ3v) is 6.44. The lowest BCUT2D eigenvalue weighted by molar-refractivity contribution is 0.0469. The first-order valence-electron chi connectivity index (χ1n) is 10.6. The van der Waals surface area contributed by atoms with Crippen LogP contribution in [0.15, 0.2) is 0 Å². The third-order valence-electron chi connectivity index (χ3n) is 6.44. The molecule has 1 aliphatic carbocycles. The van der Waals surface area contributed by atoms with Gasteiger partial charge in [0.15, 0.2) is 5.82 Å². The Morgan fingerprint density at radius 3 is 2.46 bits per heavy atom. The minimum atomic E-state index is 0.268. The van der Waals surface area contributed by atoms with Crippen molar-refractivity contribution >= 4 is 0 Å². The largest absolute Gasteiger partial charge is 0.376 e. The minimum absolute atomic E-state index is 0.268. The molecule has 1 aromatic heterocycles. The predicted molar refractivity (Wildman–Crippen MR) is 99.8 cm³/mol. The molecular weight excluding hydrogens is 328 g/mol. The maximum atomic E-state index is 5.80. The highest BCUT2D eigenvalue weighted by molar-refractivity contribution is 4.98. The van der Waals surface area contributed by atoms with Crippen molar-refractivity contribution in [1.29, 1.82) is 0 Å². The van der Waals surface area contributed by atoms with Gasteiger partial charge in [0.2, 0.25) is 0 Å². The molecule has 26 heavy (non-hydrogen) atoms. The fraction of sp³-hybridized carbons (Fsp3) is 0.947. The molecule has 2 atom stereocenters. The van der Waals surface area contributed by atoms with Crippen molar-refractivity contribution in [2.75, 3.05) is 32.8 Å². The Kier molecular flexibility index (Phi) is 5.86. The topological polar surface area (TPSA) is 59.3 Å². The maximum absolute atomic E-state index is 5.80. The van der Waals surface area contributed by atoms with E-state index in [1.807, 2.05) is 4.68 Å². The zero-order valence-electron chi connectivity index (χ0n) is 16.4. The van der Waals surface area contributed by atoms with Crippen LogP contribution in [-0.2, 0) is 11.3 Å². The van der Waals surface area contributed by atoms with Crippen molar-refractivity contribution in [2.24, 2.45) is 5.92 Å². The Labute approximate surface area is 157 Å². The number of nitrogens with zero attached hydrogens (tertiary/aromatic N) is 6. The average molecular weight is 363 g/mol. The summed E-state index contributed by atoms with van der Waals surface area (Å²) >= 11 is 0. The predicted octanol–water partition coefficient (Wildman–Crippen LogP) is 2.11. The van der Waals surface area contributed by atoms with Crippen LogP contribution in [0, 0.1) is 5.92 Å². The number of hydrogen-bond acceptors (Lipinski definition) is 6. The number of rotatable bonds is 6. The maximum Gasteiger partial charge on any atom is 0.168 e. The van der Waals surface area contributed by atoms with Crippen LogP contribution in [0.2, 0.25) is 0 Å². The van der Waals surface area contributed by atoms with Crippen LogP contribution in [0.25, 0.3) is 0 Å². The second-order valence-electron chi connectivity index (χ2n) is 8.55. The lowest BCUT2D eigenvalue weighted by atomic mass is 10.00. The normalized spacial score (nSPS) is 27.6. The highest BCUT2D eigenvalue weighted by atomic mass is 16.5. The van der Waals surface area contributed by atoms with E-state index in [1.54, 1.807) is 0 Å². The Hall–Kier alpha value is -1.05. The molecule has 3 aliphatic rings. The van der Waals surface area contributed by atoms with Crippen LogP contribution in [0.4, 0.5) is 0 Å². The summed E-state index contributed by atoms with van der Waals surface area (Å²) in [6.45, 7) is 10.8. The van der Waals surface area contributed by atoms with E-state index in [0.717, 1.165) is 50.9 Å². The molecule has 3 heterocycles. The average Bonchev–Trinajstić information content (AvgIpc) is 3.39. The summed E-state index contributed by atoms with van der Waals surface area (Å²) in [5.74, 6) is 1.51. The van der Waals surface area contributed by atoms with Crippen molar-refractivity contribution in [3.05, 3.63) is 5.82 Å². The van der Waals surface area contributed by atoms with Crippen LogP contribution in [0.3, 0.4) is 0 Å². The summed E-state index contributed by atoms with van der Waals surface area (Å²) in [7, 11) is 0. The molecule has 0 radical (unpaired) electrons. The van der Waals surface area contributed by atoms with Gasteiger partial charge in [0.1, 0.15) is 0 Å². The fourth-order valence-electron chi connectivity index (χ4n) is 5.07. The van der Waals surface area contributed by atoms with Gasteiger partial charge >= 0.3 is 0 Å². The number of piperazine rings is 1. The van der Waals surface area contributed by atoms with Gasteiger partial charge < -0.3 is 4.74 Å².